The Morgan fingerprint density at radius 2 is 1.65 bits per heavy atom. The van der Waals surface area contributed by atoms with Crippen LogP contribution in [0.15, 0.2) is 72.9 Å². The van der Waals surface area contributed by atoms with Crippen molar-refractivity contribution in [1.29, 1.82) is 0 Å². The number of alkyl halides is 3. The van der Waals surface area contributed by atoms with Gasteiger partial charge in [0.1, 0.15) is 0 Å². The van der Waals surface area contributed by atoms with Crippen molar-refractivity contribution in [3.63, 3.8) is 0 Å². The highest BCUT2D eigenvalue weighted by atomic mass is 19.4. The molecule has 0 aliphatic rings. The Labute approximate surface area is 213 Å². The van der Waals surface area contributed by atoms with Gasteiger partial charge in [0.05, 0.1) is 19.8 Å². The van der Waals surface area contributed by atoms with E-state index in [2.05, 4.69) is 5.32 Å². The lowest BCUT2D eigenvalue weighted by atomic mass is 9.85. The molecule has 0 radical (unpaired) electrons. The van der Waals surface area contributed by atoms with Crippen molar-refractivity contribution in [2.24, 2.45) is 7.05 Å². The summed E-state index contributed by atoms with van der Waals surface area (Å²) < 4.78 is 54.3. The van der Waals surface area contributed by atoms with Crippen LogP contribution < -0.4 is 14.8 Å². The molecule has 1 atom stereocenters. The van der Waals surface area contributed by atoms with Gasteiger partial charge >= 0.3 is 6.18 Å². The van der Waals surface area contributed by atoms with E-state index in [1.165, 1.54) is 12.1 Å². The Hall–Kier alpha value is -3.94. The molecule has 1 N–H and O–H groups in total. The van der Waals surface area contributed by atoms with E-state index in [1.807, 2.05) is 54.2 Å². The van der Waals surface area contributed by atoms with E-state index >= 15 is 0 Å². The van der Waals surface area contributed by atoms with Crippen molar-refractivity contribution in [2.75, 3.05) is 20.8 Å². The fourth-order valence-corrected chi connectivity index (χ4v) is 4.74. The number of para-hydroxylation sites is 1. The fourth-order valence-electron chi connectivity index (χ4n) is 4.74. The van der Waals surface area contributed by atoms with E-state index in [0.717, 1.165) is 22.5 Å². The van der Waals surface area contributed by atoms with E-state index in [1.54, 1.807) is 26.4 Å². The minimum Gasteiger partial charge on any atom is -0.493 e. The molecule has 0 fully saturated rings. The highest BCUT2D eigenvalue weighted by Crippen LogP contribution is 2.41. The third kappa shape index (κ3) is 5.74. The molecule has 0 aliphatic carbocycles. The molecular weight excluding hydrogens is 481 g/mol. The number of rotatable bonds is 9. The molecule has 194 valence electrons. The molecule has 4 rings (SSSR count). The predicted molar refractivity (Wildman–Crippen MR) is 137 cm³/mol. The van der Waals surface area contributed by atoms with Crippen LogP contribution >= 0.6 is 0 Å². The summed E-state index contributed by atoms with van der Waals surface area (Å²) in [6.07, 6.45) is -2.31. The Morgan fingerprint density at radius 1 is 0.946 bits per heavy atom. The molecule has 3 aromatic carbocycles. The summed E-state index contributed by atoms with van der Waals surface area (Å²) in [6.45, 7) is 0.331. The van der Waals surface area contributed by atoms with Crippen LogP contribution in [-0.4, -0.2) is 31.2 Å². The van der Waals surface area contributed by atoms with Crippen molar-refractivity contribution in [1.82, 2.24) is 9.88 Å². The lowest BCUT2D eigenvalue weighted by Gasteiger charge is -2.22. The summed E-state index contributed by atoms with van der Waals surface area (Å²) in [5, 5.41) is 3.71. The molecule has 0 aliphatic heterocycles. The number of fused-ring (bicyclic) bond motifs is 1. The summed E-state index contributed by atoms with van der Waals surface area (Å²) >= 11 is 0. The average Bonchev–Trinajstić information content (AvgIpc) is 3.23. The molecule has 0 bridgehead atoms. The summed E-state index contributed by atoms with van der Waals surface area (Å²) in [5.41, 5.74) is 1.86. The van der Waals surface area contributed by atoms with Crippen LogP contribution in [0, 0.1) is 0 Å². The van der Waals surface area contributed by atoms with Crippen LogP contribution in [-0.2, 0) is 24.4 Å². The number of carbonyl (C=O) groups excluding carboxylic acids is 1. The van der Waals surface area contributed by atoms with Gasteiger partial charge in [-0.05, 0) is 47.4 Å². The summed E-state index contributed by atoms with van der Waals surface area (Å²) in [5.74, 6) is 0.100. The number of carbonyl (C=O) groups is 1. The van der Waals surface area contributed by atoms with Gasteiger partial charge < -0.3 is 19.4 Å². The maximum Gasteiger partial charge on any atom is 0.416 e. The lowest BCUT2D eigenvalue weighted by molar-refractivity contribution is -0.138. The Balaban J connectivity index is 1.59. The number of aryl methyl sites for hydroxylation is 1. The topological polar surface area (TPSA) is 52.5 Å². The number of benzene rings is 3. The lowest BCUT2D eigenvalue weighted by Crippen LogP contribution is -2.28. The van der Waals surface area contributed by atoms with Crippen LogP contribution in [0.5, 0.6) is 11.5 Å². The number of amides is 1. The van der Waals surface area contributed by atoms with Gasteiger partial charge in [0.25, 0.3) is 0 Å². The van der Waals surface area contributed by atoms with Crippen LogP contribution in [0.25, 0.3) is 10.9 Å². The fraction of sp³-hybridized carbons (Fsp3) is 0.276. The third-order valence-electron chi connectivity index (χ3n) is 6.52. The van der Waals surface area contributed by atoms with Crippen molar-refractivity contribution >= 4 is 16.8 Å². The smallest absolute Gasteiger partial charge is 0.416 e. The van der Waals surface area contributed by atoms with E-state index in [-0.39, 0.29) is 17.9 Å². The first-order chi connectivity index (χ1) is 17.7. The molecule has 1 amide bonds. The standard InChI is InChI=1S/C29H29F3N2O3/c1-34-18-23(21-9-5-7-11-25(21)34)22(20-8-4-6-10-24(20)29(30,31)32)17-28(35)33-15-14-19-12-13-26(36-2)27(16-19)37-3/h4-13,16,18,22H,14-15,17H2,1-3H3,(H,33,35). The molecule has 0 saturated heterocycles. The van der Waals surface area contributed by atoms with Crippen LogP contribution in [0.2, 0.25) is 0 Å². The van der Waals surface area contributed by atoms with Crippen molar-refractivity contribution < 1.29 is 27.4 Å². The number of halogens is 3. The molecule has 0 saturated carbocycles. The number of ether oxygens (including phenoxy) is 2. The summed E-state index contributed by atoms with van der Waals surface area (Å²) in [6, 6.07) is 18.5. The van der Waals surface area contributed by atoms with Gasteiger partial charge in [-0.3, -0.25) is 4.79 Å². The van der Waals surface area contributed by atoms with Gasteiger partial charge in [-0.15, -0.1) is 0 Å². The van der Waals surface area contributed by atoms with Gasteiger partial charge in [0, 0.05) is 43.0 Å². The zero-order chi connectivity index (χ0) is 26.6. The quantitative estimate of drug-likeness (QED) is 0.296. The van der Waals surface area contributed by atoms with Gasteiger partial charge in [-0.1, -0.05) is 42.5 Å². The van der Waals surface area contributed by atoms with Crippen LogP contribution in [0.4, 0.5) is 13.2 Å². The molecule has 37 heavy (non-hydrogen) atoms. The molecule has 8 heteroatoms. The number of nitrogens with one attached hydrogen (secondary N) is 1. The molecule has 1 heterocycles. The molecule has 1 aromatic heterocycles. The minimum atomic E-state index is -4.54. The van der Waals surface area contributed by atoms with E-state index in [4.69, 9.17) is 9.47 Å². The first kappa shape index (κ1) is 26.1. The summed E-state index contributed by atoms with van der Waals surface area (Å²) in [7, 11) is 4.96. The number of hydrogen-bond donors (Lipinski definition) is 1. The average molecular weight is 511 g/mol. The van der Waals surface area contributed by atoms with Gasteiger partial charge in [-0.25, -0.2) is 0 Å². The van der Waals surface area contributed by atoms with Crippen LogP contribution in [0.3, 0.4) is 0 Å². The maximum absolute atomic E-state index is 14.0. The second-order valence-corrected chi connectivity index (χ2v) is 8.84. The number of nitrogens with zero attached hydrogens (tertiary/aromatic N) is 1. The molecule has 1 unspecified atom stereocenters. The van der Waals surface area contributed by atoms with Gasteiger partial charge in [-0.2, -0.15) is 13.2 Å². The number of hydrogen-bond acceptors (Lipinski definition) is 3. The first-order valence-corrected chi connectivity index (χ1v) is 11.9. The minimum absolute atomic E-state index is 0.0846. The molecule has 4 aromatic rings. The maximum atomic E-state index is 14.0. The largest absolute Gasteiger partial charge is 0.493 e. The number of methoxy groups -OCH3 is 2. The van der Waals surface area contributed by atoms with Crippen LogP contribution in [0.1, 0.15) is 34.6 Å². The Bertz CT molecular complexity index is 1390. The third-order valence-corrected chi connectivity index (χ3v) is 6.52. The highest BCUT2D eigenvalue weighted by Gasteiger charge is 2.36. The van der Waals surface area contributed by atoms with Crippen molar-refractivity contribution in [2.45, 2.75) is 24.9 Å². The predicted octanol–water partition coefficient (Wildman–Crippen LogP) is 6.10. The van der Waals surface area contributed by atoms with E-state index in [9.17, 15) is 18.0 Å². The second-order valence-electron chi connectivity index (χ2n) is 8.84. The van der Waals surface area contributed by atoms with E-state index in [0.29, 0.717) is 30.0 Å². The van der Waals surface area contributed by atoms with E-state index < -0.39 is 17.7 Å². The first-order valence-electron chi connectivity index (χ1n) is 11.9. The Kier molecular flexibility index (Phi) is 7.76. The normalized spacial score (nSPS) is 12.4. The van der Waals surface area contributed by atoms with Gasteiger partial charge in [0.2, 0.25) is 5.91 Å². The highest BCUT2D eigenvalue weighted by molar-refractivity contribution is 5.86. The van der Waals surface area contributed by atoms with Gasteiger partial charge in [0.15, 0.2) is 11.5 Å². The summed E-state index contributed by atoms with van der Waals surface area (Å²) in [4.78, 5) is 13.1. The Morgan fingerprint density at radius 3 is 2.38 bits per heavy atom. The van der Waals surface area contributed by atoms with Crippen molar-refractivity contribution in [3.8, 4) is 11.5 Å². The zero-order valence-electron chi connectivity index (χ0n) is 20.9. The SMILES string of the molecule is COc1ccc(CCNC(=O)CC(c2ccccc2C(F)(F)F)c2cn(C)c3ccccc23)cc1OC. The zero-order valence-corrected chi connectivity index (χ0v) is 20.9. The molecular formula is C29H29F3N2O3. The molecule has 0 spiro atoms. The monoisotopic (exact) mass is 510 g/mol. The second kappa shape index (κ2) is 11.0. The molecule has 5 nitrogen and oxygen atoms in total. The van der Waals surface area contributed by atoms with Crippen molar-refractivity contribution in [3.05, 3.63) is 95.2 Å². The number of aromatic nitrogens is 1.